The standard InChI is InChI=1S/C21H22N2O2/c1-22-18-6-4-3-5-16(18)17-11-12-23-19(20(17)22)13-25-21(23)14-7-9-15(24-2)10-8-14/h3-10,19,21H,11-13H2,1-2H3. The minimum absolute atomic E-state index is 0.0297. The molecule has 2 atom stereocenters. The first-order valence-corrected chi connectivity index (χ1v) is 8.85. The van der Waals surface area contributed by atoms with Gasteiger partial charge in [-0.1, -0.05) is 30.3 Å². The van der Waals surface area contributed by atoms with Gasteiger partial charge in [0.05, 0.1) is 19.8 Å². The number of para-hydroxylation sites is 1. The van der Waals surface area contributed by atoms with E-state index >= 15 is 0 Å². The number of hydrogen-bond acceptors (Lipinski definition) is 3. The molecule has 1 fully saturated rings. The maximum atomic E-state index is 6.24. The normalized spacial score (nSPS) is 22.8. The molecule has 0 saturated carbocycles. The fraction of sp³-hybridized carbons (Fsp3) is 0.333. The van der Waals surface area contributed by atoms with E-state index in [1.54, 1.807) is 7.11 Å². The highest BCUT2D eigenvalue weighted by Crippen LogP contribution is 2.45. The highest BCUT2D eigenvalue weighted by molar-refractivity contribution is 5.86. The van der Waals surface area contributed by atoms with Gasteiger partial charge in [-0.25, -0.2) is 0 Å². The number of methoxy groups -OCH3 is 1. The Balaban J connectivity index is 1.54. The third kappa shape index (κ3) is 2.14. The zero-order valence-corrected chi connectivity index (χ0v) is 14.6. The second-order valence-electron chi connectivity index (χ2n) is 6.90. The zero-order valence-electron chi connectivity index (χ0n) is 14.6. The number of rotatable bonds is 2. The Morgan fingerprint density at radius 2 is 1.88 bits per heavy atom. The van der Waals surface area contributed by atoms with Gasteiger partial charge in [0, 0.05) is 30.2 Å². The molecule has 1 aromatic heterocycles. The van der Waals surface area contributed by atoms with E-state index in [1.807, 2.05) is 12.1 Å². The van der Waals surface area contributed by atoms with E-state index < -0.39 is 0 Å². The number of benzene rings is 2. The van der Waals surface area contributed by atoms with Crippen LogP contribution in [0.3, 0.4) is 0 Å². The Morgan fingerprint density at radius 3 is 2.68 bits per heavy atom. The summed E-state index contributed by atoms with van der Waals surface area (Å²) in [6, 6.07) is 17.3. The molecule has 0 radical (unpaired) electrons. The molecule has 3 aromatic rings. The number of nitrogens with zero attached hydrogens (tertiary/aromatic N) is 2. The predicted octanol–water partition coefficient (Wildman–Crippen LogP) is 3.82. The zero-order chi connectivity index (χ0) is 17.0. The van der Waals surface area contributed by atoms with E-state index in [0.717, 1.165) is 25.3 Å². The first kappa shape index (κ1) is 15.0. The lowest BCUT2D eigenvalue weighted by Gasteiger charge is -2.33. The Bertz CT molecular complexity index is 929. The summed E-state index contributed by atoms with van der Waals surface area (Å²) in [6.07, 6.45) is 1.10. The number of ether oxygens (including phenoxy) is 2. The van der Waals surface area contributed by atoms with Gasteiger partial charge in [0.25, 0.3) is 0 Å². The molecule has 0 N–H and O–H groups in total. The maximum absolute atomic E-state index is 6.24. The van der Waals surface area contributed by atoms with Gasteiger partial charge >= 0.3 is 0 Å². The highest BCUT2D eigenvalue weighted by Gasteiger charge is 2.41. The van der Waals surface area contributed by atoms with E-state index in [2.05, 4.69) is 52.9 Å². The van der Waals surface area contributed by atoms with Crippen molar-refractivity contribution in [2.24, 2.45) is 7.05 Å². The van der Waals surface area contributed by atoms with Crippen molar-refractivity contribution in [2.75, 3.05) is 20.3 Å². The van der Waals surface area contributed by atoms with Crippen LogP contribution < -0.4 is 4.74 Å². The summed E-state index contributed by atoms with van der Waals surface area (Å²) in [5.41, 5.74) is 5.44. The summed E-state index contributed by atoms with van der Waals surface area (Å²) < 4.78 is 13.9. The highest BCUT2D eigenvalue weighted by atomic mass is 16.5. The molecule has 2 aliphatic heterocycles. The Labute approximate surface area is 147 Å². The number of aromatic nitrogens is 1. The van der Waals surface area contributed by atoms with Gasteiger partial charge < -0.3 is 14.0 Å². The van der Waals surface area contributed by atoms with Crippen LogP contribution in [0.1, 0.15) is 29.1 Å². The lowest BCUT2D eigenvalue weighted by atomic mass is 9.97. The van der Waals surface area contributed by atoms with Crippen LogP contribution in [0.2, 0.25) is 0 Å². The van der Waals surface area contributed by atoms with Crippen molar-refractivity contribution in [1.82, 2.24) is 9.47 Å². The fourth-order valence-electron chi connectivity index (χ4n) is 4.52. The summed E-state index contributed by atoms with van der Waals surface area (Å²) in [5.74, 6) is 0.882. The quantitative estimate of drug-likeness (QED) is 0.713. The largest absolute Gasteiger partial charge is 0.497 e. The minimum Gasteiger partial charge on any atom is -0.497 e. The van der Waals surface area contributed by atoms with Crippen molar-refractivity contribution in [3.05, 3.63) is 65.4 Å². The van der Waals surface area contributed by atoms with Crippen LogP contribution in [0.5, 0.6) is 5.75 Å². The van der Waals surface area contributed by atoms with E-state index in [-0.39, 0.29) is 6.23 Å². The summed E-state index contributed by atoms with van der Waals surface area (Å²) in [4.78, 5) is 2.50. The van der Waals surface area contributed by atoms with Crippen molar-refractivity contribution >= 4 is 10.9 Å². The van der Waals surface area contributed by atoms with Crippen LogP contribution in [0, 0.1) is 0 Å². The summed E-state index contributed by atoms with van der Waals surface area (Å²) in [6.45, 7) is 1.77. The summed E-state index contributed by atoms with van der Waals surface area (Å²) in [7, 11) is 3.88. The summed E-state index contributed by atoms with van der Waals surface area (Å²) in [5, 5.41) is 1.40. The molecule has 5 rings (SSSR count). The van der Waals surface area contributed by atoms with Gasteiger partial charge in [-0.2, -0.15) is 0 Å². The second kappa shape index (κ2) is 5.61. The lowest BCUT2D eigenvalue weighted by molar-refractivity contribution is 0.0277. The molecule has 0 spiro atoms. The number of fused-ring (bicyclic) bond motifs is 5. The van der Waals surface area contributed by atoms with Gasteiger partial charge in [0.1, 0.15) is 12.0 Å². The molecule has 4 heteroatoms. The SMILES string of the molecule is COc1ccc(C2OCC3c4c(c5ccccc5n4C)CCN32)cc1. The predicted molar refractivity (Wildman–Crippen MR) is 97.8 cm³/mol. The molecule has 0 aliphatic carbocycles. The Kier molecular flexibility index (Phi) is 3.37. The van der Waals surface area contributed by atoms with Gasteiger partial charge in [0.2, 0.25) is 0 Å². The van der Waals surface area contributed by atoms with Crippen LogP contribution in [0.15, 0.2) is 48.5 Å². The third-order valence-corrected chi connectivity index (χ3v) is 5.71. The van der Waals surface area contributed by atoms with Crippen LogP contribution >= 0.6 is 0 Å². The Hall–Kier alpha value is -2.30. The van der Waals surface area contributed by atoms with E-state index in [0.29, 0.717) is 6.04 Å². The monoisotopic (exact) mass is 334 g/mol. The van der Waals surface area contributed by atoms with Gasteiger partial charge in [-0.05, 0) is 35.7 Å². The molecule has 2 unspecified atom stereocenters. The van der Waals surface area contributed by atoms with Gasteiger partial charge in [0.15, 0.2) is 0 Å². The van der Waals surface area contributed by atoms with E-state index in [1.165, 1.54) is 27.7 Å². The van der Waals surface area contributed by atoms with E-state index in [4.69, 9.17) is 9.47 Å². The molecule has 4 nitrogen and oxygen atoms in total. The Morgan fingerprint density at radius 1 is 1.08 bits per heavy atom. The molecule has 3 heterocycles. The first-order valence-electron chi connectivity index (χ1n) is 8.85. The van der Waals surface area contributed by atoms with Crippen molar-refractivity contribution < 1.29 is 9.47 Å². The second-order valence-corrected chi connectivity index (χ2v) is 6.90. The van der Waals surface area contributed by atoms with Crippen LogP contribution in [0.25, 0.3) is 10.9 Å². The molecule has 0 bridgehead atoms. The van der Waals surface area contributed by atoms with E-state index in [9.17, 15) is 0 Å². The van der Waals surface area contributed by atoms with Gasteiger partial charge in [-0.15, -0.1) is 0 Å². The third-order valence-electron chi connectivity index (χ3n) is 5.71. The minimum atomic E-state index is 0.0297. The molecular formula is C21H22N2O2. The van der Waals surface area contributed by atoms with Crippen molar-refractivity contribution in [3.8, 4) is 5.75 Å². The molecule has 2 aromatic carbocycles. The average molecular weight is 334 g/mol. The van der Waals surface area contributed by atoms with Crippen LogP contribution in [-0.4, -0.2) is 29.7 Å². The summed E-state index contributed by atoms with van der Waals surface area (Å²) >= 11 is 0. The molecular weight excluding hydrogens is 312 g/mol. The molecule has 1 saturated heterocycles. The first-order chi connectivity index (χ1) is 12.3. The average Bonchev–Trinajstić information content (AvgIpc) is 3.22. The topological polar surface area (TPSA) is 26.6 Å². The van der Waals surface area contributed by atoms with Crippen molar-refractivity contribution in [1.29, 1.82) is 0 Å². The van der Waals surface area contributed by atoms with Gasteiger partial charge in [-0.3, -0.25) is 4.90 Å². The maximum Gasteiger partial charge on any atom is 0.137 e. The fourth-order valence-corrected chi connectivity index (χ4v) is 4.52. The van der Waals surface area contributed by atoms with Crippen LogP contribution in [-0.2, 0) is 18.2 Å². The molecule has 128 valence electrons. The molecule has 25 heavy (non-hydrogen) atoms. The molecule has 0 amide bonds. The number of aryl methyl sites for hydroxylation is 1. The smallest absolute Gasteiger partial charge is 0.137 e. The molecule has 2 aliphatic rings. The van der Waals surface area contributed by atoms with Crippen molar-refractivity contribution in [2.45, 2.75) is 18.7 Å². The lowest BCUT2D eigenvalue weighted by Crippen LogP contribution is -2.34. The van der Waals surface area contributed by atoms with Crippen molar-refractivity contribution in [3.63, 3.8) is 0 Å². The van der Waals surface area contributed by atoms with Crippen LogP contribution in [0.4, 0.5) is 0 Å². The number of hydrogen-bond donors (Lipinski definition) is 0.